The van der Waals surface area contributed by atoms with Gasteiger partial charge in [-0.05, 0) is 31.0 Å². The van der Waals surface area contributed by atoms with Crippen molar-refractivity contribution < 1.29 is 13.9 Å². The maximum atomic E-state index is 13.1. The Labute approximate surface area is 112 Å². The third kappa shape index (κ3) is 2.60. The van der Waals surface area contributed by atoms with Crippen molar-refractivity contribution in [3.63, 3.8) is 0 Å². The van der Waals surface area contributed by atoms with Crippen LogP contribution < -0.4 is 10.5 Å². The average Bonchev–Trinajstić information content (AvgIpc) is 3.02. The fraction of sp³-hybridized carbons (Fsp3) is 0.600. The van der Waals surface area contributed by atoms with Gasteiger partial charge in [0.2, 0.25) is 0 Å². The minimum absolute atomic E-state index is 0.0131. The SMILES string of the molecule is NCC1(OCC2Cc3cc(F)ccc3O2)CCCC1. The largest absolute Gasteiger partial charge is 0.487 e. The van der Waals surface area contributed by atoms with E-state index in [4.69, 9.17) is 15.2 Å². The lowest BCUT2D eigenvalue weighted by Gasteiger charge is -2.29. The van der Waals surface area contributed by atoms with Crippen LogP contribution in [-0.4, -0.2) is 24.9 Å². The van der Waals surface area contributed by atoms with Crippen LogP contribution in [0.1, 0.15) is 31.2 Å². The quantitative estimate of drug-likeness (QED) is 0.909. The Morgan fingerprint density at radius 2 is 2.16 bits per heavy atom. The second kappa shape index (κ2) is 5.10. The highest BCUT2D eigenvalue weighted by molar-refractivity contribution is 5.37. The van der Waals surface area contributed by atoms with Crippen molar-refractivity contribution in [3.8, 4) is 5.75 Å². The Hall–Kier alpha value is -1.13. The highest BCUT2D eigenvalue weighted by Crippen LogP contribution is 2.34. The molecule has 1 aliphatic heterocycles. The first-order valence-electron chi connectivity index (χ1n) is 7.00. The third-order valence-electron chi connectivity index (χ3n) is 4.23. The smallest absolute Gasteiger partial charge is 0.126 e. The molecule has 19 heavy (non-hydrogen) atoms. The molecule has 1 aromatic rings. The number of ether oxygens (including phenoxy) is 2. The van der Waals surface area contributed by atoms with Gasteiger partial charge in [-0.15, -0.1) is 0 Å². The van der Waals surface area contributed by atoms with Crippen molar-refractivity contribution in [2.24, 2.45) is 5.73 Å². The molecule has 1 saturated carbocycles. The Kier molecular flexibility index (Phi) is 3.46. The Morgan fingerprint density at radius 3 is 2.89 bits per heavy atom. The first-order chi connectivity index (χ1) is 9.21. The number of halogens is 1. The molecule has 4 heteroatoms. The molecule has 0 radical (unpaired) electrons. The van der Waals surface area contributed by atoms with E-state index in [2.05, 4.69) is 0 Å². The molecule has 1 unspecified atom stereocenters. The summed E-state index contributed by atoms with van der Waals surface area (Å²) in [5.74, 6) is 0.571. The first-order valence-corrected chi connectivity index (χ1v) is 7.00. The van der Waals surface area contributed by atoms with Crippen LogP contribution in [0, 0.1) is 5.82 Å². The van der Waals surface area contributed by atoms with Gasteiger partial charge in [0.25, 0.3) is 0 Å². The molecule has 104 valence electrons. The summed E-state index contributed by atoms with van der Waals surface area (Å²) in [5.41, 5.74) is 6.62. The number of hydrogen-bond donors (Lipinski definition) is 1. The van der Waals surface area contributed by atoms with Crippen LogP contribution in [0.25, 0.3) is 0 Å². The molecule has 0 aromatic heterocycles. The van der Waals surface area contributed by atoms with E-state index in [0.717, 1.165) is 24.2 Å². The Morgan fingerprint density at radius 1 is 1.37 bits per heavy atom. The summed E-state index contributed by atoms with van der Waals surface area (Å²) in [7, 11) is 0. The van der Waals surface area contributed by atoms with Crippen molar-refractivity contribution in [1.82, 2.24) is 0 Å². The molecular weight excluding hydrogens is 245 g/mol. The molecule has 2 aliphatic rings. The van der Waals surface area contributed by atoms with Gasteiger partial charge in [0, 0.05) is 18.5 Å². The van der Waals surface area contributed by atoms with Crippen molar-refractivity contribution in [2.45, 2.75) is 43.8 Å². The lowest BCUT2D eigenvalue weighted by molar-refractivity contribution is -0.0613. The summed E-state index contributed by atoms with van der Waals surface area (Å²) >= 11 is 0. The number of rotatable bonds is 4. The molecule has 0 spiro atoms. The average molecular weight is 265 g/mol. The summed E-state index contributed by atoms with van der Waals surface area (Å²) in [6.07, 6.45) is 5.16. The predicted molar refractivity (Wildman–Crippen MR) is 70.7 cm³/mol. The second-order valence-corrected chi connectivity index (χ2v) is 5.60. The molecule has 1 fully saturated rings. The first kappa shape index (κ1) is 12.9. The highest BCUT2D eigenvalue weighted by atomic mass is 19.1. The maximum absolute atomic E-state index is 13.1. The normalized spacial score (nSPS) is 24.2. The predicted octanol–water partition coefficient (Wildman–Crippen LogP) is 2.42. The molecule has 3 nitrogen and oxygen atoms in total. The van der Waals surface area contributed by atoms with Gasteiger partial charge in [-0.25, -0.2) is 4.39 Å². The van der Waals surface area contributed by atoms with Crippen molar-refractivity contribution in [2.75, 3.05) is 13.2 Å². The molecule has 0 bridgehead atoms. The van der Waals surface area contributed by atoms with E-state index < -0.39 is 0 Å². The van der Waals surface area contributed by atoms with Crippen LogP contribution in [0.5, 0.6) is 5.75 Å². The van der Waals surface area contributed by atoms with Crippen LogP contribution in [0.3, 0.4) is 0 Å². The fourth-order valence-corrected chi connectivity index (χ4v) is 3.08. The monoisotopic (exact) mass is 265 g/mol. The van der Waals surface area contributed by atoms with Gasteiger partial charge in [-0.2, -0.15) is 0 Å². The van der Waals surface area contributed by atoms with E-state index in [0.29, 0.717) is 19.6 Å². The minimum atomic E-state index is -0.210. The van der Waals surface area contributed by atoms with Gasteiger partial charge in [-0.1, -0.05) is 12.8 Å². The van der Waals surface area contributed by atoms with E-state index in [9.17, 15) is 4.39 Å². The van der Waals surface area contributed by atoms with Gasteiger partial charge in [-0.3, -0.25) is 0 Å². The Bertz CT molecular complexity index is 457. The number of nitrogens with two attached hydrogens (primary N) is 1. The van der Waals surface area contributed by atoms with E-state index in [1.165, 1.54) is 18.9 Å². The summed E-state index contributed by atoms with van der Waals surface area (Å²) in [6, 6.07) is 4.67. The molecule has 1 aromatic carbocycles. The summed E-state index contributed by atoms with van der Waals surface area (Å²) < 4.78 is 25.0. The molecule has 0 amide bonds. The minimum Gasteiger partial charge on any atom is -0.487 e. The summed E-state index contributed by atoms with van der Waals surface area (Å²) in [5, 5.41) is 0. The van der Waals surface area contributed by atoms with E-state index in [1.54, 1.807) is 12.1 Å². The zero-order valence-corrected chi connectivity index (χ0v) is 11.0. The molecule has 2 N–H and O–H groups in total. The van der Waals surface area contributed by atoms with Crippen LogP contribution in [0.2, 0.25) is 0 Å². The lowest BCUT2D eigenvalue weighted by Crippen LogP contribution is -2.40. The molecule has 3 rings (SSSR count). The van der Waals surface area contributed by atoms with E-state index >= 15 is 0 Å². The topological polar surface area (TPSA) is 44.5 Å². The van der Waals surface area contributed by atoms with E-state index in [-0.39, 0.29) is 17.5 Å². The molecular formula is C15H20FNO2. The molecule has 1 heterocycles. The van der Waals surface area contributed by atoms with Gasteiger partial charge >= 0.3 is 0 Å². The van der Waals surface area contributed by atoms with E-state index in [1.807, 2.05) is 0 Å². The van der Waals surface area contributed by atoms with Crippen LogP contribution in [0.15, 0.2) is 18.2 Å². The second-order valence-electron chi connectivity index (χ2n) is 5.60. The fourth-order valence-electron chi connectivity index (χ4n) is 3.08. The summed E-state index contributed by atoms with van der Waals surface area (Å²) in [4.78, 5) is 0. The number of benzene rings is 1. The number of fused-ring (bicyclic) bond motifs is 1. The van der Waals surface area contributed by atoms with Gasteiger partial charge in [0.1, 0.15) is 17.7 Å². The van der Waals surface area contributed by atoms with Crippen LogP contribution >= 0.6 is 0 Å². The number of hydrogen-bond acceptors (Lipinski definition) is 3. The van der Waals surface area contributed by atoms with Gasteiger partial charge in [0.05, 0.1) is 12.2 Å². The van der Waals surface area contributed by atoms with Gasteiger partial charge in [0.15, 0.2) is 0 Å². The van der Waals surface area contributed by atoms with Gasteiger partial charge < -0.3 is 15.2 Å². The van der Waals surface area contributed by atoms with Crippen molar-refractivity contribution >= 4 is 0 Å². The van der Waals surface area contributed by atoms with Crippen LogP contribution in [-0.2, 0) is 11.2 Å². The molecule has 1 aliphatic carbocycles. The lowest BCUT2D eigenvalue weighted by atomic mass is 10.0. The summed E-state index contributed by atoms with van der Waals surface area (Å²) in [6.45, 7) is 1.11. The highest BCUT2D eigenvalue weighted by Gasteiger charge is 2.35. The zero-order valence-electron chi connectivity index (χ0n) is 11.0. The third-order valence-corrected chi connectivity index (χ3v) is 4.23. The molecule has 0 saturated heterocycles. The van der Waals surface area contributed by atoms with Crippen molar-refractivity contribution in [1.29, 1.82) is 0 Å². The zero-order chi connectivity index (χ0) is 13.3. The van der Waals surface area contributed by atoms with Crippen molar-refractivity contribution in [3.05, 3.63) is 29.6 Å². The maximum Gasteiger partial charge on any atom is 0.126 e. The van der Waals surface area contributed by atoms with Crippen LogP contribution in [0.4, 0.5) is 4.39 Å². The molecule has 1 atom stereocenters. The standard InChI is InChI=1S/C15H20FNO2/c16-12-3-4-14-11(7-12)8-13(19-14)9-18-15(10-17)5-1-2-6-15/h3-4,7,13H,1-2,5-6,8-10,17H2. The Balaban J connectivity index is 1.58.